The Hall–Kier alpha value is -2.31. The predicted molar refractivity (Wildman–Crippen MR) is 90.4 cm³/mol. The number of nitrogen functional groups attached to an aromatic ring is 1. The number of methoxy groups -OCH3 is 2. The van der Waals surface area contributed by atoms with Gasteiger partial charge in [-0.3, -0.25) is 4.98 Å². The molecule has 0 amide bonds. The smallest absolute Gasteiger partial charge is 0.163 e. The molecule has 2 aromatic heterocycles. The average molecular weight is 334 g/mol. The predicted octanol–water partition coefficient (Wildman–Crippen LogP) is 3.05. The van der Waals surface area contributed by atoms with E-state index in [1.165, 1.54) is 0 Å². The van der Waals surface area contributed by atoms with Gasteiger partial charge >= 0.3 is 0 Å². The first-order chi connectivity index (χ1) is 11.1. The van der Waals surface area contributed by atoms with Crippen LogP contribution in [0.2, 0.25) is 5.15 Å². The van der Waals surface area contributed by atoms with Gasteiger partial charge in [-0.25, -0.2) is 4.98 Å². The van der Waals surface area contributed by atoms with Crippen molar-refractivity contribution in [3.63, 3.8) is 0 Å². The lowest BCUT2D eigenvalue weighted by Crippen LogP contribution is -2.05. The van der Waals surface area contributed by atoms with Gasteiger partial charge in [0.25, 0.3) is 0 Å². The molecule has 3 rings (SSSR count). The summed E-state index contributed by atoms with van der Waals surface area (Å²) in [5, 5.41) is 2.82. The van der Waals surface area contributed by atoms with Crippen molar-refractivity contribution in [1.82, 2.24) is 9.97 Å². The monoisotopic (exact) mass is 333 g/mol. The first kappa shape index (κ1) is 15.6. The molecule has 0 aliphatic carbocycles. The van der Waals surface area contributed by atoms with E-state index in [1.807, 2.05) is 12.1 Å². The molecule has 0 aliphatic rings. The molecule has 7 heteroatoms. The summed E-state index contributed by atoms with van der Waals surface area (Å²) in [5.41, 5.74) is 6.68. The summed E-state index contributed by atoms with van der Waals surface area (Å²) in [6.45, 7) is 0.915. The van der Waals surface area contributed by atoms with E-state index in [0.717, 1.165) is 21.7 Å². The molecule has 0 aliphatic heterocycles. The highest BCUT2D eigenvalue weighted by atomic mass is 35.5. The zero-order chi connectivity index (χ0) is 16.4. The maximum atomic E-state index is 6.03. The maximum Gasteiger partial charge on any atom is 0.163 e. The molecule has 0 bridgehead atoms. The van der Waals surface area contributed by atoms with Gasteiger partial charge in [-0.15, -0.1) is 0 Å². The number of anilines is 1. The molecular weight excluding hydrogens is 318 g/mol. The van der Waals surface area contributed by atoms with Gasteiger partial charge in [0.2, 0.25) is 0 Å². The lowest BCUT2D eigenvalue weighted by Gasteiger charge is -2.13. The van der Waals surface area contributed by atoms with E-state index in [4.69, 9.17) is 31.5 Å². The van der Waals surface area contributed by atoms with Crippen LogP contribution in [0.3, 0.4) is 0 Å². The van der Waals surface area contributed by atoms with Crippen LogP contribution in [0.5, 0.6) is 11.5 Å². The van der Waals surface area contributed by atoms with Crippen molar-refractivity contribution in [2.75, 3.05) is 33.2 Å². The molecule has 0 spiro atoms. The van der Waals surface area contributed by atoms with Crippen molar-refractivity contribution in [3.8, 4) is 11.5 Å². The standard InChI is InChI=1S/C16H16ClN3O3/c1-21-3-4-23-14-7-12-10(5-13(14)22-2)9-6-15(17)20-16(18)11(9)8-19-12/h5-8H,3-4H2,1-2H3,(H2,18,20). The van der Waals surface area contributed by atoms with Gasteiger partial charge in [-0.2, -0.15) is 0 Å². The minimum Gasteiger partial charge on any atom is -0.493 e. The maximum absolute atomic E-state index is 6.03. The largest absolute Gasteiger partial charge is 0.493 e. The molecule has 2 heterocycles. The Kier molecular flexibility index (Phi) is 4.36. The van der Waals surface area contributed by atoms with Crippen LogP contribution in [0.25, 0.3) is 21.7 Å². The van der Waals surface area contributed by atoms with Crippen molar-refractivity contribution < 1.29 is 14.2 Å². The first-order valence-electron chi connectivity index (χ1n) is 6.98. The molecule has 120 valence electrons. The van der Waals surface area contributed by atoms with Crippen LogP contribution in [-0.4, -0.2) is 37.4 Å². The fraction of sp³-hybridized carbons (Fsp3) is 0.250. The van der Waals surface area contributed by atoms with E-state index in [2.05, 4.69) is 9.97 Å². The Labute approximate surface area is 138 Å². The number of fused-ring (bicyclic) bond motifs is 3. The third-order valence-electron chi connectivity index (χ3n) is 3.51. The Balaban J connectivity index is 2.19. The summed E-state index contributed by atoms with van der Waals surface area (Å²) in [6, 6.07) is 5.46. The fourth-order valence-corrected chi connectivity index (χ4v) is 2.61. The number of hydrogen-bond acceptors (Lipinski definition) is 6. The zero-order valence-corrected chi connectivity index (χ0v) is 13.6. The average Bonchev–Trinajstić information content (AvgIpc) is 2.54. The van der Waals surface area contributed by atoms with E-state index in [-0.39, 0.29) is 0 Å². The number of hydrogen-bond donors (Lipinski definition) is 1. The Morgan fingerprint density at radius 2 is 1.87 bits per heavy atom. The molecule has 23 heavy (non-hydrogen) atoms. The summed E-state index contributed by atoms with van der Waals surface area (Å²) >= 11 is 6.03. The molecule has 0 radical (unpaired) electrons. The molecule has 0 fully saturated rings. The van der Waals surface area contributed by atoms with Crippen LogP contribution < -0.4 is 15.2 Å². The van der Waals surface area contributed by atoms with Gasteiger partial charge in [0.1, 0.15) is 17.6 Å². The molecule has 2 N–H and O–H groups in total. The van der Waals surface area contributed by atoms with Crippen LogP contribution in [0.4, 0.5) is 5.82 Å². The Morgan fingerprint density at radius 3 is 2.61 bits per heavy atom. The topological polar surface area (TPSA) is 79.5 Å². The number of ether oxygens (including phenoxy) is 3. The van der Waals surface area contributed by atoms with Crippen molar-refractivity contribution in [1.29, 1.82) is 0 Å². The Morgan fingerprint density at radius 1 is 1.04 bits per heavy atom. The molecule has 0 saturated carbocycles. The number of nitrogens with two attached hydrogens (primary N) is 1. The number of benzene rings is 1. The quantitative estimate of drug-likeness (QED) is 0.439. The number of halogens is 1. The summed E-state index contributed by atoms with van der Waals surface area (Å²) in [6.07, 6.45) is 1.68. The highest BCUT2D eigenvalue weighted by molar-refractivity contribution is 6.31. The molecule has 1 aromatic carbocycles. The normalized spacial score (nSPS) is 11.1. The summed E-state index contributed by atoms with van der Waals surface area (Å²) in [4.78, 5) is 8.49. The van der Waals surface area contributed by atoms with E-state index < -0.39 is 0 Å². The van der Waals surface area contributed by atoms with Gasteiger partial charge < -0.3 is 19.9 Å². The minimum atomic E-state index is 0.335. The zero-order valence-electron chi connectivity index (χ0n) is 12.8. The SMILES string of the molecule is COCCOc1cc2ncc3c(N)nc(Cl)cc3c2cc1OC. The van der Waals surface area contributed by atoms with E-state index in [1.54, 1.807) is 26.5 Å². The molecular formula is C16H16ClN3O3. The van der Waals surface area contributed by atoms with Crippen LogP contribution in [0.15, 0.2) is 24.4 Å². The molecule has 0 saturated heterocycles. The molecule has 0 atom stereocenters. The van der Waals surface area contributed by atoms with E-state index >= 15 is 0 Å². The van der Waals surface area contributed by atoms with E-state index in [9.17, 15) is 0 Å². The first-order valence-corrected chi connectivity index (χ1v) is 7.36. The second-order valence-electron chi connectivity index (χ2n) is 4.91. The summed E-state index contributed by atoms with van der Waals surface area (Å²) < 4.78 is 16.1. The van der Waals surface area contributed by atoms with E-state index in [0.29, 0.717) is 35.7 Å². The third-order valence-corrected chi connectivity index (χ3v) is 3.70. The second-order valence-corrected chi connectivity index (χ2v) is 5.30. The second kappa shape index (κ2) is 6.44. The number of nitrogens with zero attached hydrogens (tertiary/aromatic N) is 2. The Bertz CT molecular complexity index is 870. The lowest BCUT2D eigenvalue weighted by molar-refractivity contribution is 0.144. The fourth-order valence-electron chi connectivity index (χ4n) is 2.41. The molecule has 0 unspecified atom stereocenters. The van der Waals surface area contributed by atoms with Crippen LogP contribution in [-0.2, 0) is 4.74 Å². The van der Waals surface area contributed by atoms with Crippen molar-refractivity contribution in [2.45, 2.75) is 0 Å². The van der Waals surface area contributed by atoms with Gasteiger partial charge in [0, 0.05) is 30.1 Å². The van der Waals surface area contributed by atoms with Gasteiger partial charge in [0.15, 0.2) is 11.5 Å². The van der Waals surface area contributed by atoms with Crippen molar-refractivity contribution in [2.24, 2.45) is 0 Å². The van der Waals surface area contributed by atoms with Gasteiger partial charge in [-0.1, -0.05) is 11.6 Å². The van der Waals surface area contributed by atoms with Crippen LogP contribution in [0, 0.1) is 0 Å². The summed E-state index contributed by atoms with van der Waals surface area (Å²) in [7, 11) is 3.21. The molecule has 6 nitrogen and oxygen atoms in total. The van der Waals surface area contributed by atoms with Crippen LogP contribution in [0.1, 0.15) is 0 Å². The van der Waals surface area contributed by atoms with Crippen molar-refractivity contribution in [3.05, 3.63) is 29.5 Å². The summed E-state index contributed by atoms with van der Waals surface area (Å²) in [5.74, 6) is 1.56. The lowest BCUT2D eigenvalue weighted by atomic mass is 10.1. The van der Waals surface area contributed by atoms with Crippen LogP contribution >= 0.6 is 11.6 Å². The number of rotatable bonds is 5. The highest BCUT2D eigenvalue weighted by Crippen LogP contribution is 2.36. The van der Waals surface area contributed by atoms with Gasteiger partial charge in [-0.05, 0) is 17.5 Å². The van der Waals surface area contributed by atoms with Gasteiger partial charge in [0.05, 0.1) is 19.2 Å². The minimum absolute atomic E-state index is 0.335. The third kappa shape index (κ3) is 2.95. The van der Waals surface area contributed by atoms with Crippen molar-refractivity contribution >= 4 is 39.1 Å². The highest BCUT2D eigenvalue weighted by Gasteiger charge is 2.12. The number of aromatic nitrogens is 2. The number of pyridine rings is 2. The molecule has 3 aromatic rings.